The number of nitrogens with zero attached hydrogens (tertiary/aromatic N) is 1. The summed E-state index contributed by atoms with van der Waals surface area (Å²) in [6.07, 6.45) is 0. The van der Waals surface area contributed by atoms with Gasteiger partial charge in [0.2, 0.25) is 11.7 Å². The molecule has 0 aliphatic rings. The van der Waals surface area contributed by atoms with Crippen molar-refractivity contribution >= 4 is 11.8 Å². The molecule has 0 atom stereocenters. The average Bonchev–Trinajstić information content (AvgIpc) is 2.72. The molecule has 0 fully saturated rings. The van der Waals surface area contributed by atoms with E-state index in [1.54, 1.807) is 0 Å². The Morgan fingerprint density at radius 2 is 1.62 bits per heavy atom. The van der Waals surface area contributed by atoms with Crippen molar-refractivity contribution in [3.8, 4) is 17.2 Å². The fraction of sp³-hybridized carbons (Fsp3) is 0.300. The number of hydrogen-bond donors (Lipinski definition) is 1. The molecule has 7 nitrogen and oxygen atoms in total. The van der Waals surface area contributed by atoms with Crippen LogP contribution in [0.3, 0.4) is 0 Å². The van der Waals surface area contributed by atoms with Crippen molar-refractivity contribution in [3.63, 3.8) is 0 Å². The third kappa shape index (κ3) is 5.34. The van der Waals surface area contributed by atoms with Crippen molar-refractivity contribution < 1.29 is 32.6 Å². The number of benzene rings is 2. The predicted molar refractivity (Wildman–Crippen MR) is 101 cm³/mol. The lowest BCUT2D eigenvalue weighted by Crippen LogP contribution is -2.38. The molecule has 2 amide bonds. The van der Waals surface area contributed by atoms with Crippen molar-refractivity contribution in [2.24, 2.45) is 0 Å². The van der Waals surface area contributed by atoms with E-state index in [1.807, 2.05) is 0 Å². The first kappa shape index (κ1) is 21.9. The van der Waals surface area contributed by atoms with Gasteiger partial charge in [0.05, 0.1) is 27.9 Å². The van der Waals surface area contributed by atoms with Crippen molar-refractivity contribution in [3.05, 3.63) is 53.1 Å². The van der Waals surface area contributed by atoms with Gasteiger partial charge in [-0.05, 0) is 18.2 Å². The van der Waals surface area contributed by atoms with Crippen LogP contribution in [0.15, 0.2) is 30.3 Å². The normalized spacial score (nSPS) is 10.3. The third-order valence-electron chi connectivity index (χ3n) is 4.18. The number of carbonyl (C=O) groups is 2. The molecule has 2 aromatic rings. The maximum Gasteiger partial charge on any atom is 0.251 e. The fourth-order valence-corrected chi connectivity index (χ4v) is 2.60. The zero-order chi connectivity index (χ0) is 21.6. The quantitative estimate of drug-likeness (QED) is 0.726. The van der Waals surface area contributed by atoms with Crippen LogP contribution in [0, 0.1) is 11.6 Å². The van der Waals surface area contributed by atoms with E-state index in [0.717, 1.165) is 12.1 Å². The van der Waals surface area contributed by atoms with E-state index in [4.69, 9.17) is 14.2 Å². The summed E-state index contributed by atoms with van der Waals surface area (Å²) >= 11 is 0. The monoisotopic (exact) mass is 408 g/mol. The molecule has 2 rings (SSSR count). The molecule has 0 spiro atoms. The molecular formula is C20H22F2N2O5. The molecule has 0 heterocycles. The number of carbonyl (C=O) groups excluding carboxylic acids is 2. The second-order valence-electron chi connectivity index (χ2n) is 6.08. The van der Waals surface area contributed by atoms with Gasteiger partial charge in [0.25, 0.3) is 5.91 Å². The third-order valence-corrected chi connectivity index (χ3v) is 4.18. The molecular weight excluding hydrogens is 386 g/mol. The van der Waals surface area contributed by atoms with Crippen LogP contribution in [0.4, 0.5) is 8.78 Å². The largest absolute Gasteiger partial charge is 0.493 e. The lowest BCUT2D eigenvalue weighted by atomic mass is 10.1. The minimum Gasteiger partial charge on any atom is -0.493 e. The van der Waals surface area contributed by atoms with E-state index >= 15 is 0 Å². The minimum absolute atomic E-state index is 0.0645. The van der Waals surface area contributed by atoms with Crippen LogP contribution >= 0.6 is 0 Å². The van der Waals surface area contributed by atoms with Gasteiger partial charge in [-0.3, -0.25) is 9.59 Å². The number of hydrogen-bond acceptors (Lipinski definition) is 5. The van der Waals surface area contributed by atoms with E-state index in [2.05, 4.69) is 5.32 Å². The summed E-state index contributed by atoms with van der Waals surface area (Å²) < 4.78 is 42.3. The number of halogens is 2. The van der Waals surface area contributed by atoms with E-state index in [9.17, 15) is 18.4 Å². The van der Waals surface area contributed by atoms with Crippen LogP contribution in [-0.4, -0.2) is 51.6 Å². The van der Waals surface area contributed by atoms with Crippen molar-refractivity contribution in [2.45, 2.75) is 6.54 Å². The molecule has 29 heavy (non-hydrogen) atoms. The van der Waals surface area contributed by atoms with Gasteiger partial charge in [-0.1, -0.05) is 6.07 Å². The highest BCUT2D eigenvalue weighted by Gasteiger charge is 2.18. The first-order chi connectivity index (χ1) is 13.8. The van der Waals surface area contributed by atoms with Gasteiger partial charge in [0.15, 0.2) is 11.5 Å². The Labute approximate surface area is 167 Å². The Balaban J connectivity index is 2.03. The maximum atomic E-state index is 13.7. The lowest BCUT2D eigenvalue weighted by molar-refractivity contribution is -0.129. The van der Waals surface area contributed by atoms with Gasteiger partial charge in [0, 0.05) is 30.8 Å². The molecule has 1 N–H and O–H groups in total. The smallest absolute Gasteiger partial charge is 0.251 e. The number of likely N-dealkylation sites (N-methyl/N-ethyl adjacent to an activating group) is 1. The number of amides is 2. The van der Waals surface area contributed by atoms with Gasteiger partial charge in [-0.15, -0.1) is 0 Å². The summed E-state index contributed by atoms with van der Waals surface area (Å²) in [7, 11) is 5.74. The van der Waals surface area contributed by atoms with Crippen LogP contribution in [0.1, 0.15) is 15.9 Å². The van der Waals surface area contributed by atoms with Crippen molar-refractivity contribution in [1.82, 2.24) is 10.2 Å². The highest BCUT2D eigenvalue weighted by Crippen LogP contribution is 2.38. The Morgan fingerprint density at radius 1 is 1.00 bits per heavy atom. The van der Waals surface area contributed by atoms with Crippen molar-refractivity contribution in [2.75, 3.05) is 34.9 Å². The summed E-state index contributed by atoms with van der Waals surface area (Å²) in [5, 5.41) is 2.49. The van der Waals surface area contributed by atoms with Crippen LogP contribution in [-0.2, 0) is 11.3 Å². The molecule has 0 bridgehead atoms. The molecule has 0 aliphatic carbocycles. The summed E-state index contributed by atoms with van der Waals surface area (Å²) in [5.41, 5.74) is 0.373. The molecule has 0 radical (unpaired) electrons. The molecule has 0 saturated carbocycles. The van der Waals surface area contributed by atoms with E-state index in [0.29, 0.717) is 17.2 Å². The van der Waals surface area contributed by atoms with Gasteiger partial charge in [-0.25, -0.2) is 8.78 Å². The van der Waals surface area contributed by atoms with Crippen LogP contribution in [0.25, 0.3) is 0 Å². The van der Waals surface area contributed by atoms with Gasteiger partial charge < -0.3 is 24.4 Å². The first-order valence-electron chi connectivity index (χ1n) is 8.56. The molecule has 0 aromatic heterocycles. The van der Waals surface area contributed by atoms with Crippen LogP contribution < -0.4 is 19.5 Å². The number of nitrogens with one attached hydrogen (secondary N) is 1. The SMILES string of the molecule is COc1cc(C(=O)NCC(=O)N(C)Cc2ccc(F)cc2F)cc(OC)c1OC. The Hall–Kier alpha value is -3.36. The van der Waals surface area contributed by atoms with Crippen molar-refractivity contribution in [1.29, 1.82) is 0 Å². The summed E-state index contributed by atoms with van der Waals surface area (Å²) in [6, 6.07) is 6.04. The lowest BCUT2D eigenvalue weighted by Gasteiger charge is -2.18. The summed E-state index contributed by atoms with van der Waals surface area (Å²) in [5.74, 6) is -1.49. The summed E-state index contributed by atoms with van der Waals surface area (Å²) in [4.78, 5) is 25.9. The standard InChI is InChI=1S/C20H22F2N2O5/c1-24(11-12-5-6-14(21)9-15(12)22)18(25)10-23-20(26)13-7-16(27-2)19(29-4)17(8-13)28-3/h5-9H,10-11H2,1-4H3,(H,23,26). The number of ether oxygens (including phenoxy) is 3. The van der Waals surface area contributed by atoms with Gasteiger partial charge >= 0.3 is 0 Å². The van der Waals surface area contributed by atoms with Gasteiger partial charge in [0.1, 0.15) is 11.6 Å². The molecule has 156 valence electrons. The zero-order valence-electron chi connectivity index (χ0n) is 16.5. The van der Waals surface area contributed by atoms with E-state index in [-0.39, 0.29) is 24.2 Å². The van der Waals surface area contributed by atoms with E-state index < -0.39 is 23.4 Å². The Kier molecular flexibility index (Phi) is 7.35. The molecule has 9 heteroatoms. The number of rotatable bonds is 8. The highest BCUT2D eigenvalue weighted by molar-refractivity contribution is 5.97. The number of methoxy groups -OCH3 is 3. The predicted octanol–water partition coefficient (Wildman–Crippen LogP) is 2.38. The van der Waals surface area contributed by atoms with Crippen LogP contribution in [0.2, 0.25) is 0 Å². The van der Waals surface area contributed by atoms with Gasteiger partial charge in [-0.2, -0.15) is 0 Å². The molecule has 0 saturated heterocycles. The fourth-order valence-electron chi connectivity index (χ4n) is 2.60. The average molecular weight is 408 g/mol. The first-order valence-corrected chi connectivity index (χ1v) is 8.56. The Bertz CT molecular complexity index is 879. The zero-order valence-corrected chi connectivity index (χ0v) is 16.5. The molecule has 0 aliphatic heterocycles. The second-order valence-corrected chi connectivity index (χ2v) is 6.08. The Morgan fingerprint density at radius 3 is 2.14 bits per heavy atom. The topological polar surface area (TPSA) is 77.1 Å². The minimum atomic E-state index is -0.744. The maximum absolute atomic E-state index is 13.7. The molecule has 2 aromatic carbocycles. The van der Waals surface area contributed by atoms with Crippen LogP contribution in [0.5, 0.6) is 17.2 Å². The molecule has 0 unspecified atom stereocenters. The van der Waals surface area contributed by atoms with E-state index in [1.165, 1.54) is 51.5 Å². The summed E-state index contributed by atoms with van der Waals surface area (Å²) in [6.45, 7) is -0.375. The highest BCUT2D eigenvalue weighted by atomic mass is 19.1. The second kappa shape index (κ2) is 9.72.